The Kier molecular flexibility index (Phi) is 44.8. The van der Waals surface area contributed by atoms with Gasteiger partial charge in [0.15, 0.2) is 0 Å². The molecule has 3 atom stereocenters. The number of amides is 1. The van der Waals surface area contributed by atoms with E-state index in [1.807, 2.05) is 27.2 Å². The van der Waals surface area contributed by atoms with Crippen LogP contribution >= 0.6 is 7.82 Å². The van der Waals surface area contributed by atoms with Gasteiger partial charge < -0.3 is 19.8 Å². The van der Waals surface area contributed by atoms with E-state index < -0.39 is 20.0 Å². The Morgan fingerprint density at radius 3 is 1.39 bits per heavy atom. The van der Waals surface area contributed by atoms with Crippen LogP contribution in [-0.2, 0) is 18.4 Å². The molecule has 0 radical (unpaired) electrons. The number of nitrogens with zero attached hydrogens (tertiary/aromatic N) is 1. The highest BCUT2D eigenvalue weighted by Crippen LogP contribution is 2.43. The molecule has 8 nitrogen and oxygen atoms in total. The van der Waals surface area contributed by atoms with Crippen LogP contribution in [-0.4, -0.2) is 73.4 Å². The standard InChI is InChI=1S/C57H97N2O6P/c1-6-8-10-12-14-16-18-20-22-24-25-26-27-28-29-30-31-32-33-35-37-39-41-43-45-47-49-51-57(61)58-55(54-65-66(62,63)64-53-52-59(3,4)5)56(60)50-48-46-44-42-40-38-36-34-23-21-19-17-15-13-11-9-7-2/h8,10,14,16,20,22,25-26,28-29,31-32,35,37,40-43,48,50,55-56,60H,6-7,9,11-13,15,17-19,21,23-24,27,30,33-34,36,38-39,44-47,49,51-54H2,1-5H3,(H-,58,61,62,63)/p+1/b10-8-,16-14-,22-20-,26-25-,29-28-,32-31-,37-35-,42-40+,43-41-,50-48+. The van der Waals surface area contributed by atoms with Crippen LogP contribution in [0, 0.1) is 0 Å². The van der Waals surface area contributed by atoms with Gasteiger partial charge in [0.2, 0.25) is 5.91 Å². The smallest absolute Gasteiger partial charge is 0.387 e. The number of phosphoric ester groups is 1. The lowest BCUT2D eigenvalue weighted by Crippen LogP contribution is -2.45. The zero-order chi connectivity index (χ0) is 48.5. The third kappa shape index (κ3) is 48.8. The fraction of sp³-hybridized carbons (Fsp3) is 0.632. The Morgan fingerprint density at radius 2 is 0.924 bits per heavy atom. The van der Waals surface area contributed by atoms with Gasteiger partial charge in [0.25, 0.3) is 0 Å². The van der Waals surface area contributed by atoms with Crippen molar-refractivity contribution in [3.05, 3.63) is 122 Å². The summed E-state index contributed by atoms with van der Waals surface area (Å²) in [4.78, 5) is 23.2. The quantitative estimate of drug-likeness (QED) is 0.0243. The van der Waals surface area contributed by atoms with Crippen molar-refractivity contribution in [2.45, 2.75) is 193 Å². The average Bonchev–Trinajstić information content (AvgIpc) is 3.28. The van der Waals surface area contributed by atoms with Gasteiger partial charge in [-0.3, -0.25) is 13.8 Å². The first kappa shape index (κ1) is 62.9. The number of likely N-dealkylation sites (N-methyl/N-ethyl adjacent to an activating group) is 1. The normalized spacial score (nSPS) is 15.1. The summed E-state index contributed by atoms with van der Waals surface area (Å²) in [5.74, 6) is -0.235. The van der Waals surface area contributed by atoms with Gasteiger partial charge in [0.05, 0.1) is 39.9 Å². The fourth-order valence-electron chi connectivity index (χ4n) is 6.60. The van der Waals surface area contributed by atoms with Gasteiger partial charge in [0.1, 0.15) is 13.2 Å². The van der Waals surface area contributed by atoms with Gasteiger partial charge in [-0.15, -0.1) is 0 Å². The molecule has 66 heavy (non-hydrogen) atoms. The molecule has 0 saturated heterocycles. The Labute approximate surface area is 405 Å². The molecular weight excluding hydrogens is 840 g/mol. The molecule has 0 aliphatic heterocycles. The van der Waals surface area contributed by atoms with Crippen molar-refractivity contribution in [2.24, 2.45) is 0 Å². The summed E-state index contributed by atoms with van der Waals surface area (Å²) < 4.78 is 23.6. The highest BCUT2D eigenvalue weighted by Gasteiger charge is 2.27. The van der Waals surface area contributed by atoms with Gasteiger partial charge in [-0.25, -0.2) is 4.57 Å². The van der Waals surface area contributed by atoms with E-state index in [2.05, 4.69) is 129 Å². The number of carbonyl (C=O) groups excluding carboxylic acids is 1. The van der Waals surface area contributed by atoms with Crippen LogP contribution in [0.4, 0.5) is 0 Å². The predicted molar refractivity (Wildman–Crippen MR) is 285 cm³/mol. The number of aliphatic hydroxyl groups is 1. The highest BCUT2D eigenvalue weighted by atomic mass is 31.2. The topological polar surface area (TPSA) is 105 Å². The maximum atomic E-state index is 12.9. The van der Waals surface area contributed by atoms with Crippen LogP contribution in [0.25, 0.3) is 0 Å². The van der Waals surface area contributed by atoms with E-state index in [0.717, 1.165) is 83.5 Å². The van der Waals surface area contributed by atoms with Crippen LogP contribution in [0.2, 0.25) is 0 Å². The molecule has 9 heteroatoms. The Morgan fingerprint density at radius 1 is 0.530 bits per heavy atom. The summed E-state index contributed by atoms with van der Waals surface area (Å²) in [6, 6.07) is -0.896. The summed E-state index contributed by atoms with van der Waals surface area (Å²) in [6.45, 7) is 4.62. The van der Waals surface area contributed by atoms with Crippen molar-refractivity contribution in [2.75, 3.05) is 40.9 Å². The van der Waals surface area contributed by atoms with Crippen molar-refractivity contribution in [3.63, 3.8) is 0 Å². The lowest BCUT2D eigenvalue weighted by atomic mass is 10.1. The van der Waals surface area contributed by atoms with Crippen LogP contribution in [0.3, 0.4) is 0 Å². The first-order chi connectivity index (χ1) is 32.0. The average molecular weight is 938 g/mol. The molecule has 376 valence electrons. The van der Waals surface area contributed by atoms with Crippen molar-refractivity contribution in [1.82, 2.24) is 5.32 Å². The van der Waals surface area contributed by atoms with E-state index in [4.69, 9.17) is 9.05 Å². The molecule has 1 amide bonds. The molecule has 0 rings (SSSR count). The number of quaternary nitrogens is 1. The van der Waals surface area contributed by atoms with Crippen LogP contribution in [0.1, 0.15) is 181 Å². The van der Waals surface area contributed by atoms with Crippen LogP contribution in [0.5, 0.6) is 0 Å². The van der Waals surface area contributed by atoms with Gasteiger partial charge in [-0.05, 0) is 96.3 Å². The molecule has 0 saturated carbocycles. The fourth-order valence-corrected chi connectivity index (χ4v) is 7.34. The lowest BCUT2D eigenvalue weighted by Gasteiger charge is -2.25. The summed E-state index contributed by atoms with van der Waals surface area (Å²) >= 11 is 0. The molecular formula is C57H98N2O6P+. The van der Waals surface area contributed by atoms with Gasteiger partial charge >= 0.3 is 7.82 Å². The molecule has 0 aromatic rings. The predicted octanol–water partition coefficient (Wildman–Crippen LogP) is 15.4. The van der Waals surface area contributed by atoms with Gasteiger partial charge in [-0.2, -0.15) is 0 Å². The molecule has 0 fully saturated rings. The minimum absolute atomic E-state index is 0.0403. The number of nitrogens with one attached hydrogen (secondary N) is 1. The first-order valence-electron chi connectivity index (χ1n) is 25.9. The summed E-state index contributed by atoms with van der Waals surface area (Å²) in [7, 11) is 1.50. The van der Waals surface area contributed by atoms with Crippen molar-refractivity contribution < 1.29 is 32.9 Å². The molecule has 3 unspecified atom stereocenters. The molecule has 0 spiro atoms. The Balaban J connectivity index is 4.47. The Hall–Kier alpha value is -3.10. The van der Waals surface area contributed by atoms with E-state index >= 15 is 0 Å². The number of phosphoric acid groups is 1. The van der Waals surface area contributed by atoms with Crippen molar-refractivity contribution in [3.8, 4) is 0 Å². The maximum Gasteiger partial charge on any atom is 0.472 e. The second-order valence-corrected chi connectivity index (χ2v) is 19.6. The van der Waals surface area contributed by atoms with Gasteiger partial charge in [0, 0.05) is 6.42 Å². The molecule has 0 aromatic carbocycles. The minimum atomic E-state index is -4.37. The summed E-state index contributed by atoms with van der Waals surface area (Å²) in [5, 5.41) is 13.8. The van der Waals surface area contributed by atoms with E-state index in [9.17, 15) is 19.4 Å². The number of carbonyl (C=O) groups is 1. The number of allylic oxidation sites excluding steroid dienone is 19. The SMILES string of the molecule is CC/C=C\C/C=C\C/C=C\C/C=C\C/C=C\C/C=C\C/C=C\C/C=C\CCCCC(=O)NC(COP(=O)(O)OCC[N+](C)(C)C)C(O)/C=C/CC/C=C/CCCCCCCCCCCCC. The zero-order valence-corrected chi connectivity index (χ0v) is 43.5. The third-order valence-corrected chi connectivity index (χ3v) is 11.6. The second kappa shape index (κ2) is 47.0. The van der Waals surface area contributed by atoms with E-state index in [-0.39, 0.29) is 25.5 Å². The number of hydrogen-bond acceptors (Lipinski definition) is 5. The highest BCUT2D eigenvalue weighted by molar-refractivity contribution is 7.47. The number of unbranched alkanes of at least 4 members (excludes halogenated alkanes) is 14. The molecule has 0 aliphatic rings. The summed E-state index contributed by atoms with van der Waals surface area (Å²) in [6.07, 6.45) is 70.0. The van der Waals surface area contributed by atoms with Crippen LogP contribution < -0.4 is 5.32 Å². The molecule has 0 aliphatic carbocycles. The van der Waals surface area contributed by atoms with E-state index in [1.54, 1.807) is 6.08 Å². The zero-order valence-electron chi connectivity index (χ0n) is 42.6. The van der Waals surface area contributed by atoms with Crippen molar-refractivity contribution >= 4 is 13.7 Å². The monoisotopic (exact) mass is 938 g/mol. The minimum Gasteiger partial charge on any atom is -0.387 e. The van der Waals surface area contributed by atoms with Crippen LogP contribution in [0.15, 0.2) is 122 Å². The lowest BCUT2D eigenvalue weighted by molar-refractivity contribution is -0.870. The largest absolute Gasteiger partial charge is 0.472 e. The Bertz CT molecular complexity index is 1480. The first-order valence-corrected chi connectivity index (χ1v) is 27.4. The molecule has 0 heterocycles. The molecule has 0 bridgehead atoms. The van der Waals surface area contributed by atoms with E-state index in [0.29, 0.717) is 17.4 Å². The number of rotatable bonds is 45. The summed E-state index contributed by atoms with van der Waals surface area (Å²) in [5.41, 5.74) is 0. The second-order valence-electron chi connectivity index (χ2n) is 18.2. The van der Waals surface area contributed by atoms with Gasteiger partial charge in [-0.1, -0.05) is 200 Å². The van der Waals surface area contributed by atoms with Crippen molar-refractivity contribution in [1.29, 1.82) is 0 Å². The molecule has 0 aromatic heterocycles. The third-order valence-electron chi connectivity index (χ3n) is 10.7. The maximum absolute atomic E-state index is 12.9. The number of hydrogen-bond donors (Lipinski definition) is 3. The molecule has 3 N–H and O–H groups in total. The number of aliphatic hydroxyl groups excluding tert-OH is 1. The van der Waals surface area contributed by atoms with E-state index in [1.165, 1.54) is 70.6 Å².